The molecular formula is C24H20N4O4. The Kier molecular flexibility index (Phi) is 5.03. The van der Waals surface area contributed by atoms with E-state index in [9.17, 15) is 9.59 Å². The Bertz CT molecular complexity index is 1360. The fraction of sp³-hybridized carbons (Fsp3) is 0.167. The monoisotopic (exact) mass is 428 g/mol. The highest BCUT2D eigenvalue weighted by atomic mass is 16.5. The number of para-hydroxylation sites is 1. The van der Waals surface area contributed by atoms with Crippen LogP contribution in [0.3, 0.4) is 0 Å². The van der Waals surface area contributed by atoms with Crippen molar-refractivity contribution in [3.63, 3.8) is 0 Å². The molecule has 1 atom stereocenters. The van der Waals surface area contributed by atoms with Gasteiger partial charge in [-0.05, 0) is 54.1 Å². The van der Waals surface area contributed by atoms with Gasteiger partial charge < -0.3 is 9.15 Å². The van der Waals surface area contributed by atoms with E-state index in [2.05, 4.69) is 10.2 Å². The topological polar surface area (TPSA) is 89.9 Å². The van der Waals surface area contributed by atoms with E-state index in [0.717, 1.165) is 17.0 Å². The van der Waals surface area contributed by atoms with Gasteiger partial charge in [0.15, 0.2) is 0 Å². The summed E-state index contributed by atoms with van der Waals surface area (Å²) in [5.41, 5.74) is 2.10. The molecule has 0 aliphatic carbocycles. The second-order valence-electron chi connectivity index (χ2n) is 7.43. The summed E-state index contributed by atoms with van der Waals surface area (Å²) in [5, 5.41) is 10.8. The molecule has 0 spiro atoms. The number of ether oxygens (including phenoxy) is 1. The van der Waals surface area contributed by atoms with Crippen LogP contribution in [0.2, 0.25) is 0 Å². The van der Waals surface area contributed by atoms with E-state index >= 15 is 0 Å². The Morgan fingerprint density at radius 1 is 1.12 bits per heavy atom. The van der Waals surface area contributed by atoms with Gasteiger partial charge in [0.25, 0.3) is 5.91 Å². The quantitative estimate of drug-likeness (QED) is 0.486. The maximum absolute atomic E-state index is 13.3. The first-order valence-corrected chi connectivity index (χ1v) is 10.2. The number of nitrogens with zero attached hydrogens (tertiary/aromatic N) is 4. The van der Waals surface area contributed by atoms with Crippen LogP contribution < -0.4 is 10.2 Å². The lowest BCUT2D eigenvalue weighted by Crippen LogP contribution is -2.31. The molecule has 160 valence electrons. The first-order valence-electron chi connectivity index (χ1n) is 10.2. The Hall–Kier alpha value is -4.20. The summed E-state index contributed by atoms with van der Waals surface area (Å²) in [7, 11) is 1.62. The minimum absolute atomic E-state index is 0.0581. The maximum Gasteiger partial charge on any atom is 0.265 e. The van der Waals surface area contributed by atoms with Crippen molar-refractivity contribution in [2.75, 3.05) is 7.11 Å². The van der Waals surface area contributed by atoms with Crippen molar-refractivity contribution in [3.05, 3.63) is 94.7 Å². The summed E-state index contributed by atoms with van der Waals surface area (Å²) in [4.78, 5) is 25.5. The Balaban J connectivity index is 1.48. The molecule has 2 aromatic heterocycles. The van der Waals surface area contributed by atoms with Crippen LogP contribution in [0.4, 0.5) is 0 Å². The number of carbonyl (C=O) groups is 1. The zero-order valence-electron chi connectivity index (χ0n) is 17.3. The Labute approximate surface area is 183 Å². The van der Waals surface area contributed by atoms with Gasteiger partial charge >= 0.3 is 0 Å². The van der Waals surface area contributed by atoms with Crippen LogP contribution in [0.15, 0.2) is 87.4 Å². The number of rotatable bonds is 5. The molecule has 0 unspecified atom stereocenters. The van der Waals surface area contributed by atoms with E-state index in [-0.39, 0.29) is 23.9 Å². The summed E-state index contributed by atoms with van der Waals surface area (Å²) in [6.07, 6.45) is 3.33. The molecule has 0 bridgehead atoms. The third-order valence-electron chi connectivity index (χ3n) is 5.51. The standard InChI is InChI=1S/C24H20N4O4/c1-31-17-10-8-16(9-11-17)19-13-21(23-7-4-12-32-23)28(26-19)24(30)15-27-20-6-3-2-5-18(20)22(29)14-25-27/h2-12,14,21H,13,15H2,1H3/t21-/m1/s1. The molecule has 32 heavy (non-hydrogen) atoms. The van der Waals surface area contributed by atoms with Crippen LogP contribution in [0.25, 0.3) is 10.9 Å². The SMILES string of the molecule is COc1ccc(C2=NN(C(=O)Cn3ncc(=O)c4ccccc43)[C@@H](c3ccco3)C2)cc1. The van der Waals surface area contributed by atoms with Crippen molar-refractivity contribution < 1.29 is 13.9 Å². The number of methoxy groups -OCH3 is 1. The van der Waals surface area contributed by atoms with Gasteiger partial charge in [-0.2, -0.15) is 10.2 Å². The van der Waals surface area contributed by atoms with Gasteiger partial charge in [0.1, 0.15) is 24.1 Å². The normalized spacial score (nSPS) is 15.7. The third kappa shape index (κ3) is 3.56. The Morgan fingerprint density at radius 3 is 2.69 bits per heavy atom. The van der Waals surface area contributed by atoms with Crippen LogP contribution >= 0.6 is 0 Å². The lowest BCUT2D eigenvalue weighted by Gasteiger charge is -2.20. The third-order valence-corrected chi connectivity index (χ3v) is 5.51. The summed E-state index contributed by atoms with van der Waals surface area (Å²) in [6.45, 7) is -0.0581. The zero-order chi connectivity index (χ0) is 22.1. The van der Waals surface area contributed by atoms with Crippen LogP contribution in [0.1, 0.15) is 23.8 Å². The molecule has 0 saturated heterocycles. The van der Waals surface area contributed by atoms with Gasteiger partial charge in [-0.1, -0.05) is 12.1 Å². The average molecular weight is 428 g/mol. The van der Waals surface area contributed by atoms with E-state index in [1.807, 2.05) is 36.4 Å². The van der Waals surface area contributed by atoms with Gasteiger partial charge in [0.2, 0.25) is 5.43 Å². The Morgan fingerprint density at radius 2 is 1.94 bits per heavy atom. The lowest BCUT2D eigenvalue weighted by atomic mass is 10.0. The van der Waals surface area contributed by atoms with Crippen molar-refractivity contribution >= 4 is 22.5 Å². The lowest BCUT2D eigenvalue weighted by molar-refractivity contribution is -0.134. The number of benzene rings is 2. The van der Waals surface area contributed by atoms with E-state index in [1.165, 1.54) is 15.9 Å². The van der Waals surface area contributed by atoms with Gasteiger partial charge in [-0.15, -0.1) is 0 Å². The summed E-state index contributed by atoms with van der Waals surface area (Å²) >= 11 is 0. The molecular weight excluding hydrogens is 408 g/mol. The number of aromatic nitrogens is 2. The number of furan rings is 1. The van der Waals surface area contributed by atoms with E-state index in [1.54, 1.807) is 37.6 Å². The molecule has 0 saturated carbocycles. The first-order chi connectivity index (χ1) is 15.6. The summed E-state index contributed by atoms with van der Waals surface area (Å²) in [6, 6.07) is 17.9. The summed E-state index contributed by atoms with van der Waals surface area (Å²) < 4.78 is 12.4. The van der Waals surface area contributed by atoms with Gasteiger partial charge in [0.05, 0.1) is 30.8 Å². The van der Waals surface area contributed by atoms with Crippen molar-refractivity contribution in [2.24, 2.45) is 5.10 Å². The predicted octanol–water partition coefficient (Wildman–Crippen LogP) is 3.38. The largest absolute Gasteiger partial charge is 0.497 e. The fourth-order valence-electron chi connectivity index (χ4n) is 3.89. The molecule has 0 radical (unpaired) electrons. The molecule has 3 heterocycles. The van der Waals surface area contributed by atoms with Crippen LogP contribution in [0.5, 0.6) is 5.75 Å². The number of hydrazone groups is 1. The zero-order valence-corrected chi connectivity index (χ0v) is 17.3. The number of fused-ring (bicyclic) bond motifs is 1. The minimum Gasteiger partial charge on any atom is -0.497 e. The number of amides is 1. The van der Waals surface area contributed by atoms with E-state index in [4.69, 9.17) is 9.15 Å². The molecule has 5 rings (SSSR count). The minimum atomic E-state index is -0.361. The molecule has 1 aliphatic rings. The molecule has 1 amide bonds. The second-order valence-corrected chi connectivity index (χ2v) is 7.43. The van der Waals surface area contributed by atoms with E-state index in [0.29, 0.717) is 23.1 Å². The van der Waals surface area contributed by atoms with Gasteiger partial charge in [-0.25, -0.2) is 5.01 Å². The molecule has 2 aromatic carbocycles. The molecule has 4 aromatic rings. The highest BCUT2D eigenvalue weighted by Crippen LogP contribution is 2.33. The highest BCUT2D eigenvalue weighted by molar-refractivity contribution is 6.03. The molecule has 8 heteroatoms. The number of carbonyl (C=O) groups excluding carboxylic acids is 1. The first kappa shape index (κ1) is 19.7. The summed E-state index contributed by atoms with van der Waals surface area (Å²) in [5.74, 6) is 1.15. The molecule has 0 fully saturated rings. The van der Waals surface area contributed by atoms with Crippen LogP contribution in [-0.4, -0.2) is 33.5 Å². The maximum atomic E-state index is 13.3. The van der Waals surface area contributed by atoms with Crippen molar-refractivity contribution in [2.45, 2.75) is 19.0 Å². The predicted molar refractivity (Wildman–Crippen MR) is 118 cm³/mol. The smallest absolute Gasteiger partial charge is 0.265 e. The van der Waals surface area contributed by atoms with E-state index < -0.39 is 0 Å². The molecule has 1 aliphatic heterocycles. The van der Waals surface area contributed by atoms with Crippen molar-refractivity contribution in [1.82, 2.24) is 14.8 Å². The van der Waals surface area contributed by atoms with Gasteiger partial charge in [-0.3, -0.25) is 14.3 Å². The average Bonchev–Trinajstić information content (AvgIpc) is 3.51. The number of hydrogen-bond donors (Lipinski definition) is 0. The van der Waals surface area contributed by atoms with Crippen LogP contribution in [0, 0.1) is 0 Å². The van der Waals surface area contributed by atoms with Crippen molar-refractivity contribution in [1.29, 1.82) is 0 Å². The molecule has 0 N–H and O–H groups in total. The molecule has 8 nitrogen and oxygen atoms in total. The second kappa shape index (κ2) is 8.14. The van der Waals surface area contributed by atoms with Crippen LogP contribution in [-0.2, 0) is 11.3 Å². The van der Waals surface area contributed by atoms with Crippen molar-refractivity contribution in [3.8, 4) is 5.75 Å². The fourth-order valence-corrected chi connectivity index (χ4v) is 3.89. The number of hydrogen-bond acceptors (Lipinski definition) is 6. The highest BCUT2D eigenvalue weighted by Gasteiger charge is 2.35. The van der Waals surface area contributed by atoms with Gasteiger partial charge in [0, 0.05) is 11.8 Å².